The van der Waals surface area contributed by atoms with E-state index in [2.05, 4.69) is 20.3 Å². The predicted molar refractivity (Wildman–Crippen MR) is 87.5 cm³/mol. The largest absolute Gasteiger partial charge is 0.416 e. The third-order valence-electron chi connectivity index (χ3n) is 4.07. The van der Waals surface area contributed by atoms with E-state index in [9.17, 15) is 18.0 Å². The fraction of sp³-hybridized carbons (Fsp3) is 0.375. The summed E-state index contributed by atoms with van der Waals surface area (Å²) in [6.45, 7) is 1.57. The summed E-state index contributed by atoms with van der Waals surface area (Å²) in [5.41, 5.74) is 5.16. The Bertz CT molecular complexity index is 798. The van der Waals surface area contributed by atoms with Crippen LogP contribution in [0.15, 0.2) is 30.6 Å². The molecule has 1 aliphatic rings. The van der Waals surface area contributed by atoms with Crippen molar-refractivity contribution in [2.45, 2.75) is 18.5 Å². The van der Waals surface area contributed by atoms with Crippen molar-refractivity contribution in [1.29, 1.82) is 0 Å². The number of hydrogen-bond acceptors (Lipinski definition) is 6. The van der Waals surface area contributed by atoms with E-state index in [1.54, 1.807) is 6.07 Å². The van der Waals surface area contributed by atoms with Gasteiger partial charge >= 0.3 is 6.18 Å². The summed E-state index contributed by atoms with van der Waals surface area (Å²) in [5, 5.41) is 2.70. The Balaban J connectivity index is 1.71. The van der Waals surface area contributed by atoms with Crippen LogP contribution in [0, 0.1) is 0 Å². The number of primary amides is 1. The lowest BCUT2D eigenvalue weighted by atomic mass is 10.1. The summed E-state index contributed by atoms with van der Waals surface area (Å²) in [4.78, 5) is 25.2. The lowest BCUT2D eigenvalue weighted by Gasteiger charge is -2.14. The molecular formula is C16H17F3N6O. The molecular weight excluding hydrogens is 349 g/mol. The van der Waals surface area contributed by atoms with Crippen molar-refractivity contribution in [1.82, 2.24) is 19.9 Å². The molecule has 1 amide bonds. The van der Waals surface area contributed by atoms with Crippen LogP contribution in [-0.2, 0) is 11.0 Å². The van der Waals surface area contributed by atoms with Crippen LogP contribution in [0.2, 0.25) is 0 Å². The minimum absolute atomic E-state index is 0.0127. The first kappa shape index (κ1) is 18.1. The number of amides is 1. The third-order valence-corrected chi connectivity index (χ3v) is 4.07. The van der Waals surface area contributed by atoms with E-state index >= 15 is 0 Å². The number of likely N-dealkylation sites (tertiary alicyclic amines) is 1. The molecule has 1 saturated heterocycles. The maximum absolute atomic E-state index is 12.8. The third kappa shape index (κ3) is 4.45. The second-order valence-electron chi connectivity index (χ2n) is 6.04. The van der Waals surface area contributed by atoms with Crippen LogP contribution >= 0.6 is 0 Å². The highest BCUT2D eigenvalue weighted by Crippen LogP contribution is 2.30. The lowest BCUT2D eigenvalue weighted by molar-refractivity contribution is -0.137. The van der Waals surface area contributed by atoms with E-state index in [1.165, 1.54) is 6.20 Å². The van der Waals surface area contributed by atoms with Gasteiger partial charge in [-0.3, -0.25) is 9.69 Å². The minimum Gasteiger partial charge on any atom is -0.369 e. The molecule has 0 spiro atoms. The van der Waals surface area contributed by atoms with Crippen molar-refractivity contribution in [3.8, 4) is 0 Å². The summed E-state index contributed by atoms with van der Waals surface area (Å²) in [7, 11) is 0. The number of alkyl halides is 3. The van der Waals surface area contributed by atoms with Crippen LogP contribution in [0.1, 0.15) is 23.6 Å². The Kier molecular flexibility index (Phi) is 5.03. The number of pyridine rings is 1. The Morgan fingerprint density at radius 1 is 1.31 bits per heavy atom. The molecule has 7 nitrogen and oxygen atoms in total. The monoisotopic (exact) mass is 366 g/mol. The van der Waals surface area contributed by atoms with Crippen molar-refractivity contribution >= 4 is 17.7 Å². The standard InChI is InChI=1S/C16H17F3N6O/c17-16(18,19)11-1-4-21-14(7-11)24-15-22-5-2-12(23-15)10-3-6-25(8-10)9-13(20)26/h1-2,4-5,7,10H,3,6,8-9H2,(H2,20,26)(H,21,22,23,24)/t10-/m0/s1. The molecule has 1 fully saturated rings. The van der Waals surface area contributed by atoms with Gasteiger partial charge in [0.15, 0.2) is 0 Å². The van der Waals surface area contributed by atoms with Gasteiger partial charge in [-0.1, -0.05) is 0 Å². The van der Waals surface area contributed by atoms with E-state index in [0.717, 1.165) is 37.0 Å². The van der Waals surface area contributed by atoms with Gasteiger partial charge in [0.05, 0.1) is 17.8 Å². The molecule has 3 N–H and O–H groups in total. The number of nitrogens with two attached hydrogens (primary N) is 1. The van der Waals surface area contributed by atoms with Crippen LogP contribution in [0.5, 0.6) is 0 Å². The van der Waals surface area contributed by atoms with Gasteiger partial charge in [-0.25, -0.2) is 15.0 Å². The zero-order chi connectivity index (χ0) is 18.7. The van der Waals surface area contributed by atoms with Crippen molar-refractivity contribution in [2.75, 3.05) is 25.0 Å². The molecule has 3 rings (SSSR count). The molecule has 0 radical (unpaired) electrons. The van der Waals surface area contributed by atoms with Crippen molar-refractivity contribution in [3.05, 3.63) is 41.9 Å². The van der Waals surface area contributed by atoms with E-state index in [1.807, 2.05) is 4.90 Å². The topological polar surface area (TPSA) is 97.0 Å². The highest BCUT2D eigenvalue weighted by molar-refractivity contribution is 5.75. The van der Waals surface area contributed by atoms with Gasteiger partial charge in [0.1, 0.15) is 5.82 Å². The summed E-state index contributed by atoms with van der Waals surface area (Å²) in [5.74, 6) is -0.0971. The highest BCUT2D eigenvalue weighted by atomic mass is 19.4. The predicted octanol–water partition coefficient (Wildman–Crippen LogP) is 1.91. The average molecular weight is 366 g/mol. The van der Waals surface area contributed by atoms with Crippen molar-refractivity contribution in [3.63, 3.8) is 0 Å². The molecule has 2 aromatic heterocycles. The Morgan fingerprint density at radius 3 is 2.81 bits per heavy atom. The molecule has 0 aliphatic carbocycles. The first-order valence-corrected chi connectivity index (χ1v) is 7.95. The van der Waals surface area contributed by atoms with Crippen LogP contribution in [0.3, 0.4) is 0 Å². The molecule has 26 heavy (non-hydrogen) atoms. The van der Waals surface area contributed by atoms with E-state index in [0.29, 0.717) is 6.54 Å². The van der Waals surface area contributed by atoms with Crippen molar-refractivity contribution in [2.24, 2.45) is 5.73 Å². The summed E-state index contributed by atoms with van der Waals surface area (Å²) in [6, 6.07) is 3.55. The number of anilines is 2. The maximum atomic E-state index is 12.8. The number of hydrogen-bond donors (Lipinski definition) is 2. The van der Waals surface area contributed by atoms with Gasteiger partial charge in [0.25, 0.3) is 0 Å². The molecule has 2 aromatic rings. The number of aromatic nitrogens is 3. The van der Waals surface area contributed by atoms with Crippen LogP contribution < -0.4 is 11.1 Å². The van der Waals surface area contributed by atoms with Crippen molar-refractivity contribution < 1.29 is 18.0 Å². The zero-order valence-electron chi connectivity index (χ0n) is 13.7. The first-order valence-electron chi connectivity index (χ1n) is 7.95. The number of halogens is 3. The molecule has 0 saturated carbocycles. The molecule has 138 valence electrons. The lowest BCUT2D eigenvalue weighted by Crippen LogP contribution is -2.31. The summed E-state index contributed by atoms with van der Waals surface area (Å²) >= 11 is 0. The van der Waals surface area contributed by atoms with Gasteiger partial charge < -0.3 is 11.1 Å². The van der Waals surface area contributed by atoms with Crippen LogP contribution in [0.25, 0.3) is 0 Å². The number of carbonyl (C=O) groups is 1. The van der Waals surface area contributed by atoms with Gasteiger partial charge in [-0.05, 0) is 31.2 Å². The Labute approximate surface area is 147 Å². The zero-order valence-corrected chi connectivity index (χ0v) is 13.7. The van der Waals surface area contributed by atoms with Gasteiger partial charge in [0.2, 0.25) is 11.9 Å². The van der Waals surface area contributed by atoms with E-state index in [-0.39, 0.29) is 30.1 Å². The number of nitrogens with zero attached hydrogens (tertiary/aromatic N) is 4. The summed E-state index contributed by atoms with van der Waals surface area (Å²) in [6.07, 6.45) is -1.02. The normalized spacial score (nSPS) is 18.0. The smallest absolute Gasteiger partial charge is 0.369 e. The molecule has 10 heteroatoms. The van der Waals surface area contributed by atoms with E-state index < -0.39 is 11.7 Å². The van der Waals surface area contributed by atoms with Crippen LogP contribution in [0.4, 0.5) is 24.9 Å². The Hall–Kier alpha value is -2.75. The molecule has 1 aliphatic heterocycles. The first-order chi connectivity index (χ1) is 12.3. The SMILES string of the molecule is NC(=O)CN1CC[C@H](c2ccnc(Nc3cc(C(F)(F)F)ccn3)n2)C1. The molecule has 0 bridgehead atoms. The van der Waals surface area contributed by atoms with E-state index in [4.69, 9.17) is 5.73 Å². The van der Waals surface area contributed by atoms with Gasteiger partial charge in [-0.15, -0.1) is 0 Å². The van der Waals surface area contributed by atoms with Crippen LogP contribution in [-0.4, -0.2) is 45.4 Å². The maximum Gasteiger partial charge on any atom is 0.416 e. The minimum atomic E-state index is -4.45. The molecule has 0 unspecified atom stereocenters. The quantitative estimate of drug-likeness (QED) is 0.839. The fourth-order valence-electron chi connectivity index (χ4n) is 2.89. The summed E-state index contributed by atoms with van der Waals surface area (Å²) < 4.78 is 38.3. The van der Waals surface area contributed by atoms with Gasteiger partial charge in [0, 0.05) is 24.9 Å². The fourth-order valence-corrected chi connectivity index (χ4v) is 2.89. The Morgan fingerprint density at radius 2 is 2.08 bits per heavy atom. The number of nitrogens with one attached hydrogen (secondary N) is 1. The second-order valence-corrected chi connectivity index (χ2v) is 6.04. The number of rotatable bonds is 5. The number of carbonyl (C=O) groups excluding carboxylic acids is 1. The molecule has 0 aromatic carbocycles. The van der Waals surface area contributed by atoms with Gasteiger partial charge in [-0.2, -0.15) is 13.2 Å². The highest BCUT2D eigenvalue weighted by Gasteiger charge is 2.31. The molecule has 3 heterocycles. The molecule has 1 atom stereocenters. The second kappa shape index (κ2) is 7.24. The average Bonchev–Trinajstić information content (AvgIpc) is 3.02.